The van der Waals surface area contributed by atoms with Crippen LogP contribution in [0.3, 0.4) is 0 Å². The Balaban J connectivity index is 1.68. The van der Waals surface area contributed by atoms with Crippen LogP contribution in [0.25, 0.3) is 0 Å². The molecule has 0 bridgehead atoms. The number of nitrogens with one attached hydrogen (secondary N) is 1. The lowest BCUT2D eigenvalue weighted by molar-refractivity contribution is -0.152. The van der Waals surface area contributed by atoms with Crippen molar-refractivity contribution in [2.45, 2.75) is 62.3 Å². The minimum absolute atomic E-state index is 0.0228. The molecule has 1 heterocycles. The number of nitrogens with two attached hydrogens (primary N) is 2. The van der Waals surface area contributed by atoms with Crippen molar-refractivity contribution in [3.8, 4) is 5.75 Å². The Morgan fingerprint density at radius 2 is 1.64 bits per heavy atom. The average molecular weight is 669 g/mol. The number of benzene rings is 3. The van der Waals surface area contributed by atoms with E-state index in [0.29, 0.717) is 24.3 Å². The molecule has 47 heavy (non-hydrogen) atoms. The van der Waals surface area contributed by atoms with Gasteiger partial charge in [-0.25, -0.2) is 13.2 Å². The second kappa shape index (κ2) is 16.6. The topological polar surface area (TPSA) is 184 Å². The van der Waals surface area contributed by atoms with Crippen molar-refractivity contribution >= 4 is 27.8 Å². The predicted octanol–water partition coefficient (Wildman–Crippen LogP) is 3.23. The number of carbonyl (C=O) groups excluding carboxylic acids is 2. The van der Waals surface area contributed by atoms with Crippen molar-refractivity contribution in [1.29, 1.82) is 0 Å². The van der Waals surface area contributed by atoms with Gasteiger partial charge in [0.2, 0.25) is 10.0 Å². The SMILES string of the molecule is CC(C)CN(C[C@@H](OC(=O)C(N)Cc1ccc(O)cc1)[C@H](Cc1ccccc1)NC(=O)O[C@H]1CCOC1)S(=O)(=O)c1ccc(N)cc1. The molecule has 0 aliphatic carbocycles. The number of hydrogen-bond acceptors (Lipinski definition) is 10. The summed E-state index contributed by atoms with van der Waals surface area (Å²) in [6.07, 6.45) is -1.51. The second-order valence-corrected chi connectivity index (χ2v) is 14.0. The molecule has 4 rings (SSSR count). The molecule has 1 fully saturated rings. The number of anilines is 1. The van der Waals surface area contributed by atoms with Crippen LogP contribution < -0.4 is 16.8 Å². The molecule has 4 atom stereocenters. The summed E-state index contributed by atoms with van der Waals surface area (Å²) in [5, 5.41) is 12.5. The van der Waals surface area contributed by atoms with Crippen LogP contribution in [-0.4, -0.2) is 80.5 Å². The second-order valence-electron chi connectivity index (χ2n) is 12.1. The first-order chi connectivity index (χ1) is 22.4. The Morgan fingerprint density at radius 1 is 0.979 bits per heavy atom. The van der Waals surface area contributed by atoms with E-state index in [0.717, 1.165) is 5.56 Å². The molecular weight excluding hydrogens is 624 g/mol. The molecule has 0 radical (unpaired) electrons. The van der Waals surface area contributed by atoms with E-state index in [1.54, 1.807) is 12.1 Å². The minimum atomic E-state index is -4.10. The van der Waals surface area contributed by atoms with E-state index < -0.39 is 46.4 Å². The van der Waals surface area contributed by atoms with Gasteiger partial charge in [0, 0.05) is 18.7 Å². The molecule has 3 aromatic rings. The van der Waals surface area contributed by atoms with E-state index in [1.165, 1.54) is 40.7 Å². The maximum atomic E-state index is 14.0. The summed E-state index contributed by atoms with van der Waals surface area (Å²) < 4.78 is 46.2. The maximum absolute atomic E-state index is 14.0. The van der Waals surface area contributed by atoms with E-state index in [4.69, 9.17) is 25.7 Å². The lowest BCUT2D eigenvalue weighted by Crippen LogP contribution is -2.54. The zero-order valence-electron chi connectivity index (χ0n) is 26.7. The van der Waals surface area contributed by atoms with E-state index in [9.17, 15) is 23.1 Å². The summed E-state index contributed by atoms with van der Waals surface area (Å²) in [5.74, 6) is -0.808. The van der Waals surface area contributed by atoms with Gasteiger partial charge in [-0.1, -0.05) is 56.3 Å². The van der Waals surface area contributed by atoms with Crippen LogP contribution in [0.4, 0.5) is 10.5 Å². The maximum Gasteiger partial charge on any atom is 0.407 e. The number of aromatic hydroxyl groups is 1. The monoisotopic (exact) mass is 668 g/mol. The van der Waals surface area contributed by atoms with Gasteiger partial charge in [-0.2, -0.15) is 4.31 Å². The molecule has 6 N–H and O–H groups in total. The number of ether oxygens (including phenoxy) is 3. The largest absolute Gasteiger partial charge is 0.508 e. The summed E-state index contributed by atoms with van der Waals surface area (Å²) >= 11 is 0. The summed E-state index contributed by atoms with van der Waals surface area (Å²) in [6.45, 7) is 4.30. The van der Waals surface area contributed by atoms with Gasteiger partial charge >= 0.3 is 12.1 Å². The number of phenols is 1. The molecule has 0 saturated carbocycles. The molecule has 0 spiro atoms. The quantitative estimate of drug-likeness (QED) is 0.139. The smallest absolute Gasteiger partial charge is 0.407 e. The van der Waals surface area contributed by atoms with Crippen LogP contribution in [0.1, 0.15) is 31.4 Å². The fourth-order valence-corrected chi connectivity index (χ4v) is 6.82. The molecule has 13 heteroatoms. The Hall–Kier alpha value is -4.17. The highest BCUT2D eigenvalue weighted by Gasteiger charge is 2.36. The van der Waals surface area contributed by atoms with Crippen molar-refractivity contribution in [3.63, 3.8) is 0 Å². The van der Waals surface area contributed by atoms with Crippen LogP contribution in [0.15, 0.2) is 83.8 Å². The third kappa shape index (κ3) is 10.7. The Bertz CT molecular complexity index is 1550. The van der Waals surface area contributed by atoms with Crippen LogP contribution in [0.5, 0.6) is 5.75 Å². The summed E-state index contributed by atoms with van der Waals surface area (Å²) in [6, 6.07) is 19.3. The molecule has 1 unspecified atom stereocenters. The van der Waals surface area contributed by atoms with Gasteiger partial charge in [0.1, 0.15) is 24.0 Å². The van der Waals surface area contributed by atoms with Gasteiger partial charge in [0.05, 0.1) is 30.7 Å². The number of phenolic OH excluding ortho intramolecular Hbond substituents is 1. The Morgan fingerprint density at radius 3 is 2.26 bits per heavy atom. The van der Waals surface area contributed by atoms with Crippen molar-refractivity contribution in [2.75, 3.05) is 32.0 Å². The Kier molecular flexibility index (Phi) is 12.6. The third-order valence-electron chi connectivity index (χ3n) is 7.64. The number of nitrogens with zero attached hydrogens (tertiary/aromatic N) is 1. The van der Waals surface area contributed by atoms with E-state index in [1.807, 2.05) is 44.2 Å². The van der Waals surface area contributed by atoms with Crippen LogP contribution in [0.2, 0.25) is 0 Å². The molecule has 1 amide bonds. The lowest BCUT2D eigenvalue weighted by Gasteiger charge is -2.33. The van der Waals surface area contributed by atoms with Gasteiger partial charge in [-0.15, -0.1) is 0 Å². The van der Waals surface area contributed by atoms with Crippen molar-refractivity contribution < 1.29 is 37.3 Å². The van der Waals surface area contributed by atoms with Gasteiger partial charge in [-0.3, -0.25) is 4.79 Å². The average Bonchev–Trinajstić information content (AvgIpc) is 3.54. The molecule has 0 aromatic heterocycles. The molecular formula is C34H44N4O8S. The van der Waals surface area contributed by atoms with Gasteiger partial charge in [-0.05, 0) is 66.3 Å². The number of esters is 1. The summed E-state index contributed by atoms with van der Waals surface area (Å²) in [4.78, 5) is 26.8. The number of amides is 1. The molecule has 254 valence electrons. The van der Waals surface area contributed by atoms with Crippen LogP contribution >= 0.6 is 0 Å². The van der Waals surface area contributed by atoms with E-state index in [-0.39, 0.29) is 49.1 Å². The van der Waals surface area contributed by atoms with Crippen molar-refractivity contribution in [1.82, 2.24) is 9.62 Å². The van der Waals surface area contributed by atoms with Crippen molar-refractivity contribution in [2.24, 2.45) is 11.7 Å². The Labute approximate surface area is 276 Å². The lowest BCUT2D eigenvalue weighted by atomic mass is 10.0. The first kappa shape index (κ1) is 35.7. The molecule has 3 aromatic carbocycles. The summed E-state index contributed by atoms with van der Waals surface area (Å²) in [7, 11) is -4.10. The van der Waals surface area contributed by atoms with Gasteiger partial charge in [0.25, 0.3) is 0 Å². The van der Waals surface area contributed by atoms with Crippen LogP contribution in [0, 0.1) is 5.92 Å². The van der Waals surface area contributed by atoms with E-state index in [2.05, 4.69) is 5.32 Å². The summed E-state index contributed by atoms with van der Waals surface area (Å²) in [5.41, 5.74) is 14.0. The first-order valence-electron chi connectivity index (χ1n) is 15.6. The third-order valence-corrected chi connectivity index (χ3v) is 9.49. The molecule has 1 aliphatic rings. The number of sulfonamides is 1. The number of alkyl carbamates (subject to hydrolysis) is 1. The number of carbonyl (C=O) groups is 2. The number of hydrogen-bond donors (Lipinski definition) is 4. The standard InChI is InChI=1S/C34H44N4O8S/c1-23(2)20-38(47(42,43)29-14-10-26(35)11-15-29)21-32(46-33(40)30(36)18-25-8-12-27(39)13-9-25)31(19-24-6-4-3-5-7-24)37-34(41)45-28-16-17-44-22-28/h3-15,23,28,30-32,39H,16-22,35-36H2,1-2H3,(H,37,41)/t28-,30?,31-,32+/m0/s1. The highest BCUT2D eigenvalue weighted by molar-refractivity contribution is 7.89. The van der Waals surface area contributed by atoms with Gasteiger partial charge in [0.15, 0.2) is 0 Å². The molecule has 12 nitrogen and oxygen atoms in total. The fourth-order valence-electron chi connectivity index (χ4n) is 5.21. The van der Waals surface area contributed by atoms with Crippen molar-refractivity contribution in [3.05, 3.63) is 90.0 Å². The number of nitrogen functional groups attached to an aromatic ring is 1. The van der Waals surface area contributed by atoms with E-state index >= 15 is 0 Å². The zero-order chi connectivity index (χ0) is 34.0. The fraction of sp³-hybridized carbons (Fsp3) is 0.412. The predicted molar refractivity (Wildman–Crippen MR) is 177 cm³/mol. The zero-order valence-corrected chi connectivity index (χ0v) is 27.5. The van der Waals surface area contributed by atoms with Gasteiger partial charge < -0.3 is 36.1 Å². The number of rotatable bonds is 15. The highest BCUT2D eigenvalue weighted by Crippen LogP contribution is 2.22. The minimum Gasteiger partial charge on any atom is -0.508 e. The molecule has 1 aliphatic heterocycles. The normalized spacial score (nSPS) is 16.8. The first-order valence-corrected chi connectivity index (χ1v) is 17.0. The van der Waals surface area contributed by atoms with Crippen LogP contribution in [-0.2, 0) is 41.9 Å². The highest BCUT2D eigenvalue weighted by atomic mass is 32.2. The molecule has 1 saturated heterocycles.